The van der Waals surface area contributed by atoms with Crippen molar-refractivity contribution in [2.75, 3.05) is 7.11 Å². The molecule has 0 N–H and O–H groups in total. The van der Waals surface area contributed by atoms with E-state index >= 15 is 0 Å². The average molecular weight is 154 g/mol. The number of hydrogen-bond acceptors (Lipinski definition) is 3. The van der Waals surface area contributed by atoms with Gasteiger partial charge in [-0.15, -0.1) is 0 Å². The van der Waals surface area contributed by atoms with E-state index in [1.165, 1.54) is 7.11 Å². The number of aryl methyl sites for hydroxylation is 1. The SMILES string of the molecule is CCn1ccc(C(=O)OC)n1. The van der Waals surface area contributed by atoms with Crippen LogP contribution in [0.4, 0.5) is 0 Å². The van der Waals surface area contributed by atoms with Crippen LogP contribution in [0.2, 0.25) is 0 Å². The average Bonchev–Trinajstić information content (AvgIpc) is 2.50. The Morgan fingerprint density at radius 2 is 2.55 bits per heavy atom. The van der Waals surface area contributed by atoms with Crippen molar-refractivity contribution in [1.29, 1.82) is 0 Å². The third-order valence-corrected chi connectivity index (χ3v) is 1.36. The topological polar surface area (TPSA) is 44.1 Å². The third-order valence-electron chi connectivity index (χ3n) is 1.36. The first-order valence-corrected chi connectivity index (χ1v) is 3.39. The molecule has 1 rings (SSSR count). The van der Waals surface area contributed by atoms with E-state index in [1.54, 1.807) is 16.9 Å². The summed E-state index contributed by atoms with van der Waals surface area (Å²) in [6.45, 7) is 2.71. The van der Waals surface area contributed by atoms with Gasteiger partial charge in [0.25, 0.3) is 0 Å². The highest BCUT2D eigenvalue weighted by Gasteiger charge is 2.07. The molecule has 0 aliphatic rings. The Balaban J connectivity index is 2.80. The van der Waals surface area contributed by atoms with Gasteiger partial charge in [0.05, 0.1) is 7.11 Å². The Labute approximate surface area is 64.8 Å². The van der Waals surface area contributed by atoms with E-state index in [9.17, 15) is 4.79 Å². The van der Waals surface area contributed by atoms with Crippen LogP contribution in [-0.2, 0) is 11.3 Å². The molecule has 4 nitrogen and oxygen atoms in total. The van der Waals surface area contributed by atoms with Crippen molar-refractivity contribution < 1.29 is 9.53 Å². The number of rotatable bonds is 2. The molecule has 0 saturated heterocycles. The van der Waals surface area contributed by atoms with E-state index in [2.05, 4.69) is 9.84 Å². The molecule has 0 radical (unpaired) electrons. The second-order valence-electron chi connectivity index (χ2n) is 2.05. The molecular formula is C7H10N2O2. The largest absolute Gasteiger partial charge is 0.464 e. The number of esters is 1. The maximum atomic E-state index is 10.8. The first-order valence-electron chi connectivity index (χ1n) is 3.39. The van der Waals surface area contributed by atoms with Gasteiger partial charge < -0.3 is 4.74 Å². The molecule has 1 aromatic heterocycles. The zero-order valence-electron chi connectivity index (χ0n) is 6.57. The molecule has 0 aliphatic heterocycles. The second kappa shape index (κ2) is 3.18. The van der Waals surface area contributed by atoms with Crippen LogP contribution in [0.1, 0.15) is 17.4 Å². The predicted molar refractivity (Wildman–Crippen MR) is 39.2 cm³/mol. The Bertz CT molecular complexity index is 255. The van der Waals surface area contributed by atoms with Crippen molar-refractivity contribution in [1.82, 2.24) is 9.78 Å². The van der Waals surface area contributed by atoms with Crippen molar-refractivity contribution in [3.63, 3.8) is 0 Å². The van der Waals surface area contributed by atoms with Gasteiger partial charge in [0.1, 0.15) is 0 Å². The lowest BCUT2D eigenvalue weighted by molar-refractivity contribution is 0.0593. The summed E-state index contributed by atoms with van der Waals surface area (Å²) in [5.41, 5.74) is 0.356. The summed E-state index contributed by atoms with van der Waals surface area (Å²) in [6, 6.07) is 1.63. The highest BCUT2D eigenvalue weighted by molar-refractivity contribution is 5.86. The zero-order chi connectivity index (χ0) is 8.27. The molecule has 0 atom stereocenters. The van der Waals surface area contributed by atoms with Crippen LogP contribution in [-0.4, -0.2) is 22.9 Å². The number of aromatic nitrogens is 2. The fourth-order valence-corrected chi connectivity index (χ4v) is 0.751. The van der Waals surface area contributed by atoms with Gasteiger partial charge in [-0.05, 0) is 13.0 Å². The molecule has 0 saturated carbocycles. The Hall–Kier alpha value is -1.32. The summed E-state index contributed by atoms with van der Waals surface area (Å²) >= 11 is 0. The third kappa shape index (κ3) is 1.58. The molecule has 0 spiro atoms. The Morgan fingerprint density at radius 3 is 3.00 bits per heavy atom. The van der Waals surface area contributed by atoms with E-state index < -0.39 is 5.97 Å². The molecule has 60 valence electrons. The lowest BCUT2D eigenvalue weighted by Crippen LogP contribution is -2.03. The minimum Gasteiger partial charge on any atom is -0.464 e. The summed E-state index contributed by atoms with van der Waals surface area (Å²) in [4.78, 5) is 10.8. The van der Waals surface area contributed by atoms with Crippen molar-refractivity contribution in [3.8, 4) is 0 Å². The van der Waals surface area contributed by atoms with Crippen LogP contribution in [0.5, 0.6) is 0 Å². The summed E-state index contributed by atoms with van der Waals surface area (Å²) in [5, 5.41) is 3.94. The quantitative estimate of drug-likeness (QED) is 0.588. The molecule has 0 unspecified atom stereocenters. The van der Waals surface area contributed by atoms with Gasteiger partial charge in [-0.1, -0.05) is 0 Å². The minimum atomic E-state index is -0.391. The van der Waals surface area contributed by atoms with Crippen LogP contribution in [0.25, 0.3) is 0 Å². The second-order valence-corrected chi connectivity index (χ2v) is 2.05. The highest BCUT2D eigenvalue weighted by Crippen LogP contribution is 1.96. The number of carbonyl (C=O) groups is 1. The highest BCUT2D eigenvalue weighted by atomic mass is 16.5. The summed E-state index contributed by atoms with van der Waals surface area (Å²) in [7, 11) is 1.34. The summed E-state index contributed by atoms with van der Waals surface area (Å²) in [5.74, 6) is -0.391. The summed E-state index contributed by atoms with van der Waals surface area (Å²) in [6.07, 6.45) is 1.74. The van der Waals surface area contributed by atoms with Crippen molar-refractivity contribution in [2.24, 2.45) is 0 Å². The molecule has 1 heterocycles. The normalized spacial score (nSPS) is 9.64. The van der Waals surface area contributed by atoms with Gasteiger partial charge in [-0.2, -0.15) is 5.10 Å². The van der Waals surface area contributed by atoms with Gasteiger partial charge in [0, 0.05) is 12.7 Å². The van der Waals surface area contributed by atoms with Crippen LogP contribution >= 0.6 is 0 Å². The molecular weight excluding hydrogens is 144 g/mol. The number of methoxy groups -OCH3 is 1. The number of carbonyl (C=O) groups excluding carboxylic acids is 1. The lowest BCUT2D eigenvalue weighted by atomic mass is 10.4. The Kier molecular flexibility index (Phi) is 2.25. The minimum absolute atomic E-state index is 0.356. The molecule has 0 fully saturated rings. The zero-order valence-corrected chi connectivity index (χ0v) is 6.57. The van der Waals surface area contributed by atoms with Crippen LogP contribution in [0.3, 0.4) is 0 Å². The Morgan fingerprint density at radius 1 is 1.82 bits per heavy atom. The fraction of sp³-hybridized carbons (Fsp3) is 0.429. The van der Waals surface area contributed by atoms with E-state index in [1.807, 2.05) is 6.92 Å². The molecule has 0 aromatic carbocycles. The van der Waals surface area contributed by atoms with Gasteiger partial charge >= 0.3 is 5.97 Å². The molecule has 0 bridgehead atoms. The first kappa shape index (κ1) is 7.78. The van der Waals surface area contributed by atoms with Crippen LogP contribution in [0.15, 0.2) is 12.3 Å². The lowest BCUT2D eigenvalue weighted by Gasteiger charge is -1.93. The van der Waals surface area contributed by atoms with Crippen molar-refractivity contribution >= 4 is 5.97 Å². The van der Waals surface area contributed by atoms with Crippen LogP contribution in [0, 0.1) is 0 Å². The van der Waals surface area contributed by atoms with Crippen molar-refractivity contribution in [3.05, 3.63) is 18.0 Å². The van der Waals surface area contributed by atoms with Gasteiger partial charge in [-0.3, -0.25) is 4.68 Å². The maximum Gasteiger partial charge on any atom is 0.358 e. The van der Waals surface area contributed by atoms with Gasteiger partial charge in [0.2, 0.25) is 0 Å². The monoisotopic (exact) mass is 154 g/mol. The molecule has 0 amide bonds. The van der Waals surface area contributed by atoms with Gasteiger partial charge in [0.15, 0.2) is 5.69 Å². The van der Waals surface area contributed by atoms with E-state index in [0.717, 1.165) is 6.54 Å². The molecule has 0 aliphatic carbocycles. The van der Waals surface area contributed by atoms with Crippen LogP contribution < -0.4 is 0 Å². The molecule has 11 heavy (non-hydrogen) atoms. The number of hydrogen-bond donors (Lipinski definition) is 0. The fourth-order valence-electron chi connectivity index (χ4n) is 0.751. The summed E-state index contributed by atoms with van der Waals surface area (Å²) < 4.78 is 6.15. The number of nitrogens with zero attached hydrogens (tertiary/aromatic N) is 2. The smallest absolute Gasteiger partial charge is 0.358 e. The van der Waals surface area contributed by atoms with Crippen molar-refractivity contribution in [2.45, 2.75) is 13.5 Å². The van der Waals surface area contributed by atoms with E-state index in [4.69, 9.17) is 0 Å². The van der Waals surface area contributed by atoms with Gasteiger partial charge in [-0.25, -0.2) is 4.79 Å². The van der Waals surface area contributed by atoms with E-state index in [-0.39, 0.29) is 0 Å². The molecule has 4 heteroatoms. The molecule has 1 aromatic rings. The first-order chi connectivity index (χ1) is 5.27. The standard InChI is InChI=1S/C7H10N2O2/c1-3-9-5-4-6(8-9)7(10)11-2/h4-5H,3H2,1-2H3. The number of ether oxygens (including phenoxy) is 1. The van der Waals surface area contributed by atoms with E-state index in [0.29, 0.717) is 5.69 Å². The predicted octanol–water partition coefficient (Wildman–Crippen LogP) is 0.690. The maximum absolute atomic E-state index is 10.8.